The number of hydrogen-bond acceptors (Lipinski definition) is 5. The highest BCUT2D eigenvalue weighted by atomic mass is 16.5. The smallest absolute Gasteiger partial charge is 0.329 e. The van der Waals surface area contributed by atoms with Crippen LogP contribution in [0.3, 0.4) is 0 Å². The summed E-state index contributed by atoms with van der Waals surface area (Å²) in [6.45, 7) is -0.439. The zero-order valence-corrected chi connectivity index (χ0v) is 11.1. The van der Waals surface area contributed by atoms with Crippen molar-refractivity contribution in [2.75, 3.05) is 13.7 Å². The predicted molar refractivity (Wildman–Crippen MR) is 71.4 cm³/mol. The van der Waals surface area contributed by atoms with Gasteiger partial charge in [-0.3, -0.25) is 9.59 Å². The van der Waals surface area contributed by atoms with Crippen LogP contribution >= 0.6 is 0 Å². The van der Waals surface area contributed by atoms with Crippen LogP contribution in [0.15, 0.2) is 30.0 Å². The van der Waals surface area contributed by atoms with E-state index in [-0.39, 0.29) is 5.70 Å². The number of nitrogens with one attached hydrogen (secondary N) is 1. The van der Waals surface area contributed by atoms with Gasteiger partial charge in [0, 0.05) is 0 Å². The van der Waals surface area contributed by atoms with E-state index in [4.69, 9.17) is 5.26 Å². The molecule has 1 aromatic rings. The lowest BCUT2D eigenvalue weighted by Crippen LogP contribution is -2.36. The molecule has 1 fully saturated rings. The Labute approximate surface area is 120 Å². The number of imide groups is 1. The fourth-order valence-corrected chi connectivity index (χ4v) is 1.73. The van der Waals surface area contributed by atoms with Crippen LogP contribution in [0.25, 0.3) is 6.08 Å². The SMILES string of the molecule is COC(=O)CN1C(=O)N/C(=C\c2ccc(C#N)cc2)C1=O. The Morgan fingerprint density at radius 3 is 2.62 bits per heavy atom. The minimum Gasteiger partial charge on any atom is -0.468 e. The van der Waals surface area contributed by atoms with E-state index in [1.54, 1.807) is 24.3 Å². The van der Waals surface area contributed by atoms with E-state index in [2.05, 4.69) is 10.1 Å². The van der Waals surface area contributed by atoms with Crippen LogP contribution in [-0.2, 0) is 14.3 Å². The van der Waals surface area contributed by atoms with Crippen molar-refractivity contribution < 1.29 is 19.1 Å². The molecule has 0 spiro atoms. The van der Waals surface area contributed by atoms with Crippen LogP contribution in [0, 0.1) is 11.3 Å². The van der Waals surface area contributed by atoms with Crippen LogP contribution < -0.4 is 5.32 Å². The number of carbonyl (C=O) groups is 3. The van der Waals surface area contributed by atoms with Crippen LogP contribution in [0.2, 0.25) is 0 Å². The van der Waals surface area contributed by atoms with Gasteiger partial charge in [-0.05, 0) is 23.8 Å². The van der Waals surface area contributed by atoms with Gasteiger partial charge in [0.2, 0.25) is 0 Å². The van der Waals surface area contributed by atoms with Gasteiger partial charge in [-0.25, -0.2) is 9.69 Å². The number of nitrogens with zero attached hydrogens (tertiary/aromatic N) is 2. The Hall–Kier alpha value is -3.14. The van der Waals surface area contributed by atoms with E-state index >= 15 is 0 Å². The molecule has 0 saturated carbocycles. The first-order chi connectivity index (χ1) is 10.0. The van der Waals surface area contributed by atoms with Crippen LogP contribution in [0.4, 0.5) is 4.79 Å². The molecule has 3 amide bonds. The van der Waals surface area contributed by atoms with E-state index in [1.807, 2.05) is 6.07 Å². The molecule has 0 radical (unpaired) electrons. The summed E-state index contributed by atoms with van der Waals surface area (Å²) in [4.78, 5) is 35.6. The first-order valence-electron chi connectivity index (χ1n) is 5.96. The quantitative estimate of drug-likeness (QED) is 0.498. The van der Waals surface area contributed by atoms with Gasteiger partial charge in [0.05, 0.1) is 18.7 Å². The zero-order chi connectivity index (χ0) is 15.4. The third-order valence-electron chi connectivity index (χ3n) is 2.83. The summed E-state index contributed by atoms with van der Waals surface area (Å²) in [6, 6.07) is 7.79. The molecule has 21 heavy (non-hydrogen) atoms. The van der Waals surface area contributed by atoms with Gasteiger partial charge in [0.15, 0.2) is 0 Å². The molecule has 0 unspecified atom stereocenters. The van der Waals surface area contributed by atoms with Crippen molar-refractivity contribution in [3.63, 3.8) is 0 Å². The molecular weight excluding hydrogens is 274 g/mol. The number of rotatable bonds is 3. The van der Waals surface area contributed by atoms with E-state index < -0.39 is 24.5 Å². The third kappa shape index (κ3) is 3.06. The molecule has 0 aromatic heterocycles. The van der Waals surface area contributed by atoms with Gasteiger partial charge in [-0.1, -0.05) is 12.1 Å². The summed E-state index contributed by atoms with van der Waals surface area (Å²) >= 11 is 0. The number of esters is 1. The van der Waals surface area contributed by atoms with Crippen molar-refractivity contribution in [1.82, 2.24) is 10.2 Å². The third-order valence-corrected chi connectivity index (χ3v) is 2.83. The molecule has 1 aliphatic heterocycles. The molecule has 0 aliphatic carbocycles. The molecule has 7 heteroatoms. The molecule has 1 N–H and O–H groups in total. The predicted octanol–water partition coefficient (Wildman–Crippen LogP) is 0.624. The minimum atomic E-state index is -0.682. The van der Waals surface area contributed by atoms with E-state index in [1.165, 1.54) is 13.2 Å². The number of benzene rings is 1. The fourth-order valence-electron chi connectivity index (χ4n) is 1.73. The zero-order valence-electron chi connectivity index (χ0n) is 11.1. The summed E-state index contributed by atoms with van der Waals surface area (Å²) in [5.41, 5.74) is 1.21. The standard InChI is InChI=1S/C14H11N3O4/c1-21-12(18)8-17-13(19)11(16-14(17)20)6-9-2-4-10(7-15)5-3-9/h2-6H,8H2,1H3,(H,16,20)/b11-6-. The molecule has 2 rings (SSSR count). The highest BCUT2D eigenvalue weighted by molar-refractivity contribution is 6.15. The monoisotopic (exact) mass is 285 g/mol. The first kappa shape index (κ1) is 14.3. The highest BCUT2D eigenvalue weighted by Crippen LogP contribution is 2.14. The number of carbonyl (C=O) groups excluding carboxylic acids is 3. The number of amides is 3. The van der Waals surface area contributed by atoms with Gasteiger partial charge in [-0.2, -0.15) is 5.26 Å². The van der Waals surface area contributed by atoms with E-state index in [0.29, 0.717) is 11.1 Å². The number of nitriles is 1. The van der Waals surface area contributed by atoms with Gasteiger partial charge in [0.25, 0.3) is 5.91 Å². The molecule has 1 saturated heterocycles. The number of ether oxygens (including phenoxy) is 1. The van der Waals surface area contributed by atoms with Crippen molar-refractivity contribution in [2.24, 2.45) is 0 Å². The molecule has 106 valence electrons. The van der Waals surface area contributed by atoms with Gasteiger partial charge in [-0.15, -0.1) is 0 Å². The second-order valence-electron chi connectivity index (χ2n) is 4.19. The molecule has 0 bridgehead atoms. The largest absolute Gasteiger partial charge is 0.468 e. The average molecular weight is 285 g/mol. The Morgan fingerprint density at radius 1 is 1.38 bits per heavy atom. The van der Waals surface area contributed by atoms with Gasteiger partial charge in [0.1, 0.15) is 12.2 Å². The first-order valence-corrected chi connectivity index (χ1v) is 5.96. The maximum Gasteiger partial charge on any atom is 0.329 e. The Bertz CT molecular complexity index is 670. The summed E-state index contributed by atoms with van der Waals surface area (Å²) in [5.74, 6) is -1.28. The second kappa shape index (κ2) is 5.88. The number of methoxy groups -OCH3 is 1. The minimum absolute atomic E-state index is 0.0635. The van der Waals surface area contributed by atoms with E-state index in [0.717, 1.165) is 4.90 Å². The fraction of sp³-hybridized carbons (Fsp3) is 0.143. The maximum atomic E-state index is 12.0. The Morgan fingerprint density at radius 2 is 2.05 bits per heavy atom. The summed E-state index contributed by atoms with van der Waals surface area (Å²) in [6.07, 6.45) is 1.47. The highest BCUT2D eigenvalue weighted by Gasteiger charge is 2.35. The van der Waals surface area contributed by atoms with Crippen molar-refractivity contribution >= 4 is 24.0 Å². The van der Waals surface area contributed by atoms with Crippen LogP contribution in [-0.4, -0.2) is 36.5 Å². The van der Waals surface area contributed by atoms with Crippen molar-refractivity contribution in [2.45, 2.75) is 0 Å². The number of hydrogen-bond donors (Lipinski definition) is 1. The normalized spacial score (nSPS) is 15.8. The van der Waals surface area contributed by atoms with Crippen molar-refractivity contribution in [3.8, 4) is 6.07 Å². The van der Waals surface area contributed by atoms with Crippen molar-refractivity contribution in [3.05, 3.63) is 41.1 Å². The molecule has 1 aromatic carbocycles. The summed E-state index contributed by atoms with van der Waals surface area (Å²) < 4.78 is 4.42. The Balaban J connectivity index is 2.19. The summed E-state index contributed by atoms with van der Waals surface area (Å²) in [7, 11) is 1.17. The molecule has 0 atom stereocenters. The van der Waals surface area contributed by atoms with Gasteiger partial charge >= 0.3 is 12.0 Å². The average Bonchev–Trinajstić information content (AvgIpc) is 2.75. The number of urea groups is 1. The van der Waals surface area contributed by atoms with E-state index in [9.17, 15) is 14.4 Å². The lowest BCUT2D eigenvalue weighted by atomic mass is 10.1. The lowest BCUT2D eigenvalue weighted by Gasteiger charge is -2.08. The maximum absolute atomic E-state index is 12.0. The molecular formula is C14H11N3O4. The summed E-state index contributed by atoms with van der Waals surface area (Å²) in [5, 5.41) is 11.1. The Kier molecular flexibility index (Phi) is 4.00. The lowest BCUT2D eigenvalue weighted by molar-refractivity contribution is -0.143. The molecule has 7 nitrogen and oxygen atoms in total. The molecule has 1 aliphatic rings. The van der Waals surface area contributed by atoms with Crippen LogP contribution in [0.1, 0.15) is 11.1 Å². The van der Waals surface area contributed by atoms with Crippen LogP contribution in [0.5, 0.6) is 0 Å². The second-order valence-corrected chi connectivity index (χ2v) is 4.19. The topological polar surface area (TPSA) is 99.5 Å². The van der Waals surface area contributed by atoms with Gasteiger partial charge < -0.3 is 10.1 Å². The molecule has 1 heterocycles. The van der Waals surface area contributed by atoms with Crippen molar-refractivity contribution in [1.29, 1.82) is 5.26 Å².